The first-order valence-electron chi connectivity index (χ1n) is 12.3. The van der Waals surface area contributed by atoms with Crippen LogP contribution in [0.5, 0.6) is 0 Å². The summed E-state index contributed by atoms with van der Waals surface area (Å²) in [6, 6.07) is 13.9. The third-order valence-electron chi connectivity index (χ3n) is 6.27. The van der Waals surface area contributed by atoms with Crippen molar-refractivity contribution >= 4 is 23.4 Å². The number of amides is 1. The second-order valence-electron chi connectivity index (χ2n) is 8.84. The van der Waals surface area contributed by atoms with Gasteiger partial charge in [-0.2, -0.15) is 10.4 Å². The zero-order valence-electron chi connectivity index (χ0n) is 20.8. The van der Waals surface area contributed by atoms with E-state index in [-0.39, 0.29) is 24.5 Å². The van der Waals surface area contributed by atoms with Crippen molar-refractivity contribution in [1.82, 2.24) is 14.6 Å². The molecule has 1 aliphatic heterocycles. The van der Waals surface area contributed by atoms with Gasteiger partial charge in [0.2, 0.25) is 5.60 Å². The minimum Gasteiger partial charge on any atom is -0.456 e. The first-order valence-corrected chi connectivity index (χ1v) is 12.3. The van der Waals surface area contributed by atoms with Crippen LogP contribution in [0.25, 0.3) is 5.52 Å². The Morgan fingerprint density at radius 1 is 1.24 bits per heavy atom. The van der Waals surface area contributed by atoms with E-state index in [0.717, 1.165) is 25.6 Å². The molecule has 3 aromatic rings. The quantitative estimate of drug-likeness (QED) is 0.264. The van der Waals surface area contributed by atoms with Gasteiger partial charge < -0.3 is 24.4 Å². The Hall–Kier alpha value is -4.05. The van der Waals surface area contributed by atoms with E-state index >= 15 is 0 Å². The Bertz CT molecular complexity index is 1310. The molecule has 3 N–H and O–H groups in total. The fourth-order valence-corrected chi connectivity index (χ4v) is 4.37. The zero-order valence-corrected chi connectivity index (χ0v) is 20.8. The molecule has 0 radical (unpaired) electrons. The van der Waals surface area contributed by atoms with E-state index in [0.29, 0.717) is 11.1 Å². The minimum atomic E-state index is -2.04. The number of anilines is 1. The molecule has 1 aliphatic rings. The van der Waals surface area contributed by atoms with Crippen LogP contribution in [-0.4, -0.2) is 68.4 Å². The second kappa shape index (κ2) is 12.0. The smallest absolute Gasteiger partial charge is 0.412 e. The predicted octanol–water partition coefficient (Wildman–Crippen LogP) is 2.09. The first kappa shape index (κ1) is 27.0. The predicted molar refractivity (Wildman–Crippen MR) is 133 cm³/mol. The molecular weight excluding hydrogens is 494 g/mol. The Labute approximate surface area is 218 Å². The van der Waals surface area contributed by atoms with Crippen LogP contribution in [0.1, 0.15) is 37.4 Å². The standard InChI is InChI=1S/C26H29N5O7/c1-2-3-7-12-36-25(35)30-24-18-10-11-20(31(18)29-16-28-24)26(15-27)23(34)22(19(14-32)38-26)37-21(33)13-17-8-5-4-6-9-17/h4-6,8-11,16,19,22-23,32,34H,2-3,7,12-14H2,1H3,(H,28,29,30,35)/t19-,22-,23-,26+/m1/s1. The molecule has 0 bridgehead atoms. The highest BCUT2D eigenvalue weighted by Gasteiger charge is 2.59. The number of fused-ring (bicyclic) bond motifs is 1. The average Bonchev–Trinajstić information content (AvgIpc) is 3.47. The lowest BCUT2D eigenvalue weighted by Gasteiger charge is -2.24. The number of nitrogens with one attached hydrogen (secondary N) is 1. The van der Waals surface area contributed by atoms with Crippen molar-refractivity contribution in [3.63, 3.8) is 0 Å². The molecule has 0 unspecified atom stereocenters. The Kier molecular flexibility index (Phi) is 8.52. The van der Waals surface area contributed by atoms with Crippen LogP contribution >= 0.6 is 0 Å². The van der Waals surface area contributed by atoms with Crippen molar-refractivity contribution in [2.45, 2.75) is 56.5 Å². The van der Waals surface area contributed by atoms with Gasteiger partial charge in [0.25, 0.3) is 0 Å². The summed E-state index contributed by atoms with van der Waals surface area (Å²) in [5.74, 6) is -0.529. The molecule has 1 amide bonds. The maximum Gasteiger partial charge on any atom is 0.412 e. The highest BCUT2D eigenvalue weighted by molar-refractivity contribution is 5.88. The molecule has 1 aromatic carbocycles. The van der Waals surface area contributed by atoms with Crippen LogP contribution in [-0.2, 0) is 31.0 Å². The fraction of sp³-hybridized carbons (Fsp3) is 0.423. The van der Waals surface area contributed by atoms with Crippen LogP contribution in [0.4, 0.5) is 10.6 Å². The molecule has 1 saturated heterocycles. The normalized spacial score (nSPS) is 22.6. The summed E-state index contributed by atoms with van der Waals surface area (Å²) in [6.07, 6.45) is -1.08. The Balaban J connectivity index is 1.56. The number of hydrogen-bond donors (Lipinski definition) is 3. The number of aliphatic hydroxyl groups is 2. The van der Waals surface area contributed by atoms with Crippen molar-refractivity contribution in [3.8, 4) is 6.07 Å². The topological polar surface area (TPSA) is 168 Å². The molecule has 0 saturated carbocycles. The number of unbranched alkanes of at least 4 members (excludes halogenated alkanes) is 2. The van der Waals surface area contributed by atoms with Gasteiger partial charge >= 0.3 is 12.1 Å². The second-order valence-corrected chi connectivity index (χ2v) is 8.84. The van der Waals surface area contributed by atoms with Crippen LogP contribution in [0, 0.1) is 11.3 Å². The van der Waals surface area contributed by atoms with Crippen molar-refractivity contribution < 1.29 is 34.0 Å². The Morgan fingerprint density at radius 2 is 2.03 bits per heavy atom. The molecule has 2 aromatic heterocycles. The monoisotopic (exact) mass is 523 g/mol. The number of nitrogens with zero attached hydrogens (tertiary/aromatic N) is 4. The molecule has 4 rings (SSSR count). The van der Waals surface area contributed by atoms with E-state index in [1.165, 1.54) is 10.6 Å². The van der Waals surface area contributed by atoms with Gasteiger partial charge in [-0.25, -0.2) is 14.3 Å². The van der Waals surface area contributed by atoms with Crippen molar-refractivity contribution in [2.75, 3.05) is 18.5 Å². The molecule has 0 aliphatic carbocycles. The van der Waals surface area contributed by atoms with Crippen LogP contribution < -0.4 is 5.32 Å². The molecule has 3 heterocycles. The van der Waals surface area contributed by atoms with Gasteiger partial charge in [0, 0.05) is 0 Å². The van der Waals surface area contributed by atoms with Gasteiger partial charge in [-0.1, -0.05) is 50.1 Å². The molecule has 200 valence electrons. The maximum atomic E-state index is 12.6. The number of rotatable bonds is 10. The molecule has 1 fully saturated rings. The average molecular weight is 524 g/mol. The molecule has 4 atom stereocenters. The lowest BCUT2D eigenvalue weighted by atomic mass is 9.92. The highest BCUT2D eigenvalue weighted by Crippen LogP contribution is 2.41. The number of aromatic nitrogens is 3. The maximum absolute atomic E-state index is 12.6. The number of aliphatic hydroxyl groups excluding tert-OH is 2. The summed E-state index contributed by atoms with van der Waals surface area (Å²) in [6.45, 7) is 1.69. The van der Waals surface area contributed by atoms with E-state index in [4.69, 9.17) is 14.2 Å². The van der Waals surface area contributed by atoms with Gasteiger partial charge in [-0.3, -0.25) is 10.1 Å². The van der Waals surface area contributed by atoms with Gasteiger partial charge in [0.15, 0.2) is 11.9 Å². The molecule has 38 heavy (non-hydrogen) atoms. The summed E-state index contributed by atoms with van der Waals surface area (Å²) in [5.41, 5.74) is -0.923. The number of ether oxygens (including phenoxy) is 3. The number of carbonyl (C=O) groups is 2. The van der Waals surface area contributed by atoms with Gasteiger partial charge in [-0.05, 0) is 24.1 Å². The summed E-state index contributed by atoms with van der Waals surface area (Å²) < 4.78 is 17.8. The largest absolute Gasteiger partial charge is 0.456 e. The SMILES string of the molecule is CCCCCOC(=O)Nc1ncnn2c([C@]3(C#N)O[C@H](CO)[C@@H](OC(=O)Cc4ccccc4)[C@H]3O)ccc12. The lowest BCUT2D eigenvalue weighted by Crippen LogP contribution is -2.43. The summed E-state index contributed by atoms with van der Waals surface area (Å²) >= 11 is 0. The zero-order chi connectivity index (χ0) is 27.1. The molecule has 0 spiro atoms. The third kappa shape index (κ3) is 5.45. The van der Waals surface area contributed by atoms with Gasteiger partial charge in [0.1, 0.15) is 30.1 Å². The third-order valence-corrected chi connectivity index (χ3v) is 6.27. The molecule has 12 nitrogen and oxygen atoms in total. The van der Waals surface area contributed by atoms with Crippen LogP contribution in [0.15, 0.2) is 48.8 Å². The number of carbonyl (C=O) groups excluding carboxylic acids is 2. The number of esters is 1. The van der Waals surface area contributed by atoms with Crippen molar-refractivity contribution in [1.29, 1.82) is 5.26 Å². The van der Waals surface area contributed by atoms with E-state index < -0.39 is 42.6 Å². The van der Waals surface area contributed by atoms with Crippen LogP contribution in [0.2, 0.25) is 0 Å². The van der Waals surface area contributed by atoms with Gasteiger partial charge in [-0.15, -0.1) is 0 Å². The van der Waals surface area contributed by atoms with E-state index in [1.807, 2.05) is 19.1 Å². The molecule has 12 heteroatoms. The van der Waals surface area contributed by atoms with Crippen molar-refractivity contribution in [3.05, 3.63) is 60.0 Å². The summed E-state index contributed by atoms with van der Waals surface area (Å²) in [7, 11) is 0. The minimum absolute atomic E-state index is 0.0629. The summed E-state index contributed by atoms with van der Waals surface area (Å²) in [5, 5.41) is 38.0. The van der Waals surface area contributed by atoms with Gasteiger partial charge in [0.05, 0.1) is 25.3 Å². The number of nitriles is 1. The van der Waals surface area contributed by atoms with E-state index in [1.54, 1.807) is 30.3 Å². The lowest BCUT2D eigenvalue weighted by molar-refractivity contribution is -0.155. The highest BCUT2D eigenvalue weighted by atomic mass is 16.6. The van der Waals surface area contributed by atoms with Crippen molar-refractivity contribution in [2.24, 2.45) is 0 Å². The van der Waals surface area contributed by atoms with Crippen LogP contribution in [0.3, 0.4) is 0 Å². The Morgan fingerprint density at radius 3 is 2.74 bits per heavy atom. The van der Waals surface area contributed by atoms with E-state index in [2.05, 4.69) is 15.4 Å². The molecular formula is C26H29N5O7. The first-order chi connectivity index (χ1) is 18.4. The number of benzene rings is 1. The summed E-state index contributed by atoms with van der Waals surface area (Å²) in [4.78, 5) is 28.9. The fourth-order valence-electron chi connectivity index (χ4n) is 4.37. The van der Waals surface area contributed by atoms with E-state index in [9.17, 15) is 25.1 Å². The number of hydrogen-bond acceptors (Lipinski definition) is 10.